The van der Waals surface area contributed by atoms with Gasteiger partial charge in [-0.25, -0.2) is 9.69 Å². The Balaban J connectivity index is 1.65. The third-order valence-electron chi connectivity index (χ3n) is 4.13. The summed E-state index contributed by atoms with van der Waals surface area (Å²) in [6, 6.07) is 5.76. The Morgan fingerprint density at radius 2 is 2.08 bits per heavy atom. The zero-order chi connectivity index (χ0) is 18.5. The molecule has 9 heteroatoms. The number of anilines is 1. The summed E-state index contributed by atoms with van der Waals surface area (Å²) in [6.45, 7) is 3.71. The third-order valence-corrected chi connectivity index (χ3v) is 4.13. The molecule has 1 aromatic carbocycles. The molecule has 1 aromatic heterocycles. The highest BCUT2D eigenvalue weighted by Crippen LogP contribution is 2.32. The second kappa shape index (κ2) is 5.65. The molecule has 0 aliphatic carbocycles. The van der Waals surface area contributed by atoms with Gasteiger partial charge in [-0.1, -0.05) is 0 Å². The Morgan fingerprint density at radius 3 is 2.81 bits per heavy atom. The smallest absolute Gasteiger partial charge is 0.330 e. The number of nitrogens with one attached hydrogen (secondary N) is 1. The van der Waals surface area contributed by atoms with Crippen LogP contribution in [0.4, 0.5) is 15.0 Å². The van der Waals surface area contributed by atoms with Gasteiger partial charge in [0.1, 0.15) is 17.0 Å². The topological polar surface area (TPSA) is 93.7 Å². The molecule has 0 bridgehead atoms. The summed E-state index contributed by atoms with van der Waals surface area (Å²) >= 11 is 0. The molecule has 0 atom stereocenters. The number of aromatic nitrogens is 2. The van der Waals surface area contributed by atoms with E-state index in [-0.39, 0.29) is 11.7 Å². The summed E-state index contributed by atoms with van der Waals surface area (Å²) in [7, 11) is 0. The number of hydrogen-bond donors (Lipinski definition) is 1. The number of halogens is 1. The average Bonchev–Trinajstić information content (AvgIpc) is 3.08. The van der Waals surface area contributed by atoms with Crippen LogP contribution in [-0.2, 0) is 11.2 Å². The van der Waals surface area contributed by atoms with Crippen molar-refractivity contribution in [1.82, 2.24) is 15.3 Å². The Labute approximate surface area is 147 Å². The van der Waals surface area contributed by atoms with Crippen molar-refractivity contribution in [2.24, 2.45) is 0 Å². The number of nitrogens with zero attached hydrogens (tertiary/aromatic N) is 3. The van der Waals surface area contributed by atoms with Crippen LogP contribution < -0.4 is 19.7 Å². The lowest BCUT2D eigenvalue weighted by Crippen LogP contribution is -2.40. The highest BCUT2D eigenvalue weighted by atomic mass is 19.1. The van der Waals surface area contributed by atoms with Gasteiger partial charge in [-0.15, -0.1) is 0 Å². The second-order valence-corrected chi connectivity index (χ2v) is 6.50. The quantitative estimate of drug-likeness (QED) is 0.668. The van der Waals surface area contributed by atoms with Crippen molar-refractivity contribution in [1.29, 1.82) is 0 Å². The molecule has 2 aliphatic rings. The molecule has 3 amide bonds. The number of hydrogen-bond acceptors (Lipinski definition) is 6. The summed E-state index contributed by atoms with van der Waals surface area (Å²) in [6.07, 6.45) is -0.347. The maximum Gasteiger partial charge on any atom is 0.330 e. The van der Waals surface area contributed by atoms with Crippen LogP contribution in [0.15, 0.2) is 24.3 Å². The minimum atomic E-state index is -1.10. The van der Waals surface area contributed by atoms with E-state index in [1.54, 1.807) is 32.0 Å². The zero-order valence-corrected chi connectivity index (χ0v) is 14.1. The van der Waals surface area contributed by atoms with Crippen molar-refractivity contribution < 1.29 is 23.5 Å². The van der Waals surface area contributed by atoms with Gasteiger partial charge >= 0.3 is 12.1 Å². The summed E-state index contributed by atoms with van der Waals surface area (Å²) in [5, 5.41) is 2.51. The van der Waals surface area contributed by atoms with Crippen LogP contribution in [0.2, 0.25) is 0 Å². The largest absolute Gasteiger partial charge is 0.493 e. The summed E-state index contributed by atoms with van der Waals surface area (Å²) in [5.74, 6) is 0.382. The van der Waals surface area contributed by atoms with Crippen molar-refractivity contribution in [2.45, 2.75) is 25.8 Å². The molecular formula is C17H15FN4O4. The number of fused-ring (bicyclic) bond motifs is 1. The van der Waals surface area contributed by atoms with Crippen LogP contribution in [0.3, 0.4) is 0 Å². The lowest BCUT2D eigenvalue weighted by molar-refractivity contribution is -0.121. The molecule has 0 spiro atoms. The first-order chi connectivity index (χ1) is 12.3. The van der Waals surface area contributed by atoms with Crippen molar-refractivity contribution in [3.05, 3.63) is 35.9 Å². The standard InChI is InChI=1S/C17H15FN4O4/c1-17(2)14(23)22(16(24)21-17)12-8-13(20-15(18)19-12)26-10-3-4-11-9(7-10)5-6-25-11/h3-4,7-8H,5-6H2,1-2H3,(H,21,24). The lowest BCUT2D eigenvalue weighted by atomic mass is 10.1. The first-order valence-corrected chi connectivity index (χ1v) is 7.98. The average molecular weight is 358 g/mol. The van der Waals surface area contributed by atoms with Gasteiger partial charge in [0.15, 0.2) is 5.82 Å². The molecular weight excluding hydrogens is 343 g/mol. The van der Waals surface area contributed by atoms with Gasteiger partial charge < -0.3 is 14.8 Å². The molecule has 1 saturated heterocycles. The fraction of sp³-hybridized carbons (Fsp3) is 0.294. The van der Waals surface area contributed by atoms with E-state index in [9.17, 15) is 14.0 Å². The van der Waals surface area contributed by atoms with E-state index in [2.05, 4.69) is 15.3 Å². The van der Waals surface area contributed by atoms with Gasteiger partial charge in [0.2, 0.25) is 5.88 Å². The van der Waals surface area contributed by atoms with E-state index in [1.165, 1.54) is 6.07 Å². The van der Waals surface area contributed by atoms with E-state index in [1.807, 2.05) is 0 Å². The van der Waals surface area contributed by atoms with Crippen LogP contribution >= 0.6 is 0 Å². The van der Waals surface area contributed by atoms with E-state index >= 15 is 0 Å². The van der Waals surface area contributed by atoms with Crippen LogP contribution in [0.25, 0.3) is 0 Å². The molecule has 2 aromatic rings. The summed E-state index contributed by atoms with van der Waals surface area (Å²) in [4.78, 5) is 32.3. The Hall–Kier alpha value is -3.23. The van der Waals surface area contributed by atoms with Crippen molar-refractivity contribution in [2.75, 3.05) is 11.5 Å². The number of carbonyl (C=O) groups is 2. The molecule has 8 nitrogen and oxygen atoms in total. The van der Waals surface area contributed by atoms with Crippen LogP contribution in [-0.4, -0.2) is 34.1 Å². The molecule has 1 N–H and O–H groups in total. The summed E-state index contributed by atoms with van der Waals surface area (Å²) < 4.78 is 24.9. The molecule has 134 valence electrons. The van der Waals surface area contributed by atoms with Gasteiger partial charge in [0.25, 0.3) is 5.91 Å². The molecule has 0 saturated carbocycles. The summed E-state index contributed by atoms with van der Waals surface area (Å²) in [5.41, 5.74) is -0.118. The monoisotopic (exact) mass is 358 g/mol. The minimum absolute atomic E-state index is 0.114. The fourth-order valence-electron chi connectivity index (χ4n) is 2.86. The molecule has 4 rings (SSSR count). The Morgan fingerprint density at radius 1 is 1.27 bits per heavy atom. The zero-order valence-electron chi connectivity index (χ0n) is 14.1. The number of imide groups is 1. The van der Waals surface area contributed by atoms with E-state index in [0.717, 1.165) is 22.6 Å². The van der Waals surface area contributed by atoms with E-state index in [0.29, 0.717) is 12.4 Å². The maximum absolute atomic E-state index is 13.9. The first kappa shape index (κ1) is 16.2. The van der Waals surface area contributed by atoms with Crippen molar-refractivity contribution in [3.63, 3.8) is 0 Å². The van der Waals surface area contributed by atoms with Crippen molar-refractivity contribution >= 4 is 17.8 Å². The van der Waals surface area contributed by atoms with Crippen molar-refractivity contribution in [3.8, 4) is 17.4 Å². The number of ether oxygens (including phenoxy) is 2. The number of carbonyl (C=O) groups excluding carboxylic acids is 2. The third kappa shape index (κ3) is 2.71. The molecule has 1 fully saturated rings. The molecule has 0 unspecified atom stereocenters. The van der Waals surface area contributed by atoms with E-state index in [4.69, 9.17) is 9.47 Å². The van der Waals surface area contributed by atoms with Crippen LogP contribution in [0.5, 0.6) is 17.4 Å². The maximum atomic E-state index is 13.9. The number of benzene rings is 1. The predicted octanol–water partition coefficient (Wildman–Crippen LogP) is 2.18. The minimum Gasteiger partial charge on any atom is -0.493 e. The number of rotatable bonds is 3. The lowest BCUT2D eigenvalue weighted by Gasteiger charge is -2.15. The number of urea groups is 1. The van der Waals surface area contributed by atoms with Gasteiger partial charge in [-0.2, -0.15) is 14.4 Å². The first-order valence-electron chi connectivity index (χ1n) is 7.98. The van der Waals surface area contributed by atoms with E-state index < -0.39 is 23.6 Å². The van der Waals surface area contributed by atoms with Gasteiger partial charge in [-0.05, 0) is 32.0 Å². The molecule has 0 radical (unpaired) electrons. The fourth-order valence-corrected chi connectivity index (χ4v) is 2.86. The molecule has 26 heavy (non-hydrogen) atoms. The Kier molecular flexibility index (Phi) is 3.53. The highest BCUT2D eigenvalue weighted by Gasteiger charge is 2.46. The van der Waals surface area contributed by atoms with Crippen LogP contribution in [0, 0.1) is 6.08 Å². The van der Waals surface area contributed by atoms with Gasteiger partial charge in [-0.3, -0.25) is 4.79 Å². The Bertz CT molecular complexity index is 931. The normalized spacial score (nSPS) is 17.7. The van der Waals surface area contributed by atoms with Gasteiger partial charge in [0.05, 0.1) is 6.61 Å². The second-order valence-electron chi connectivity index (χ2n) is 6.50. The predicted molar refractivity (Wildman–Crippen MR) is 87.8 cm³/mol. The highest BCUT2D eigenvalue weighted by molar-refractivity contribution is 6.22. The number of amides is 3. The molecule has 2 aliphatic heterocycles. The van der Waals surface area contributed by atoms with Crippen LogP contribution in [0.1, 0.15) is 19.4 Å². The molecule has 3 heterocycles. The SMILES string of the molecule is CC1(C)NC(=O)N(c2cc(Oc3ccc4c(c3)CCO4)nc(F)n2)C1=O. The van der Waals surface area contributed by atoms with Gasteiger partial charge in [0, 0.05) is 18.1 Å².